The Morgan fingerprint density at radius 3 is 2.75 bits per heavy atom. The lowest BCUT2D eigenvalue weighted by Gasteiger charge is -2.14. The minimum atomic E-state index is -0.548. The summed E-state index contributed by atoms with van der Waals surface area (Å²) in [6, 6.07) is 3.23. The second kappa shape index (κ2) is 5.67. The topological polar surface area (TPSA) is 88.5 Å². The number of hydrogen-bond acceptors (Lipinski definition) is 4. The summed E-state index contributed by atoms with van der Waals surface area (Å²) in [5, 5.41) is 12.1. The van der Waals surface area contributed by atoms with Crippen molar-refractivity contribution in [1.82, 2.24) is 5.32 Å². The van der Waals surface area contributed by atoms with Crippen molar-refractivity contribution in [2.24, 2.45) is 11.7 Å². The zero-order chi connectivity index (χ0) is 12.1. The molecule has 0 aromatic carbocycles. The maximum Gasteiger partial charge on any atom is 0.287 e. The number of aliphatic hydroxyl groups excluding tert-OH is 1. The molecule has 0 spiro atoms. The highest BCUT2D eigenvalue weighted by Crippen LogP contribution is 2.07. The number of aliphatic hydroxyl groups is 1. The Kier molecular flexibility index (Phi) is 4.52. The number of carbonyl (C=O) groups is 1. The highest BCUT2D eigenvalue weighted by Gasteiger charge is 2.14. The number of furan rings is 1. The van der Waals surface area contributed by atoms with E-state index >= 15 is 0 Å². The number of nitrogens with one attached hydrogen (secondary N) is 1. The molecule has 5 heteroatoms. The zero-order valence-corrected chi connectivity index (χ0v) is 9.56. The molecule has 0 bridgehead atoms. The fourth-order valence-electron chi connectivity index (χ4n) is 1.13. The molecule has 1 heterocycles. The summed E-state index contributed by atoms with van der Waals surface area (Å²) in [6.07, 6.45) is -0.548. The van der Waals surface area contributed by atoms with Gasteiger partial charge in [-0.25, -0.2) is 0 Å². The van der Waals surface area contributed by atoms with Crippen LogP contribution in [-0.2, 0) is 6.54 Å². The first-order valence-electron chi connectivity index (χ1n) is 5.29. The molecule has 0 radical (unpaired) electrons. The molecular weight excluding hydrogens is 208 g/mol. The molecule has 1 aromatic heterocycles. The number of amides is 1. The predicted octanol–water partition coefficient (Wildman–Crippen LogP) is 0.485. The first kappa shape index (κ1) is 12.7. The van der Waals surface area contributed by atoms with Crippen molar-refractivity contribution in [3.05, 3.63) is 23.7 Å². The maximum atomic E-state index is 11.5. The Hall–Kier alpha value is -1.33. The lowest BCUT2D eigenvalue weighted by Crippen LogP contribution is -2.34. The van der Waals surface area contributed by atoms with Crippen LogP contribution in [0.5, 0.6) is 0 Å². The summed E-state index contributed by atoms with van der Waals surface area (Å²) in [5.74, 6) is 0.557. The lowest BCUT2D eigenvalue weighted by atomic mass is 10.1. The highest BCUT2D eigenvalue weighted by molar-refractivity contribution is 5.91. The summed E-state index contributed by atoms with van der Waals surface area (Å²) in [5.41, 5.74) is 5.36. The molecule has 16 heavy (non-hydrogen) atoms. The number of rotatable bonds is 5. The lowest BCUT2D eigenvalue weighted by molar-refractivity contribution is 0.0845. The van der Waals surface area contributed by atoms with Gasteiger partial charge in [-0.05, 0) is 18.1 Å². The third-order valence-corrected chi connectivity index (χ3v) is 2.33. The van der Waals surface area contributed by atoms with Gasteiger partial charge in [-0.2, -0.15) is 0 Å². The van der Waals surface area contributed by atoms with Crippen molar-refractivity contribution in [3.8, 4) is 0 Å². The molecule has 1 amide bonds. The van der Waals surface area contributed by atoms with Crippen LogP contribution in [0.1, 0.15) is 30.2 Å². The molecule has 0 saturated carbocycles. The van der Waals surface area contributed by atoms with E-state index in [2.05, 4.69) is 5.32 Å². The molecule has 0 aliphatic heterocycles. The van der Waals surface area contributed by atoms with E-state index in [1.165, 1.54) is 0 Å². The average Bonchev–Trinajstić information content (AvgIpc) is 2.73. The van der Waals surface area contributed by atoms with Gasteiger partial charge in [-0.15, -0.1) is 0 Å². The Labute approximate surface area is 94.6 Å². The van der Waals surface area contributed by atoms with Crippen LogP contribution >= 0.6 is 0 Å². The quantitative estimate of drug-likeness (QED) is 0.681. The second-order valence-electron chi connectivity index (χ2n) is 3.99. The fraction of sp³-hybridized carbons (Fsp3) is 0.545. The van der Waals surface area contributed by atoms with Crippen molar-refractivity contribution in [1.29, 1.82) is 0 Å². The SMILES string of the molecule is CC(C)C(O)CNC(=O)c1ccc(CN)o1. The molecule has 4 N–H and O–H groups in total. The van der Waals surface area contributed by atoms with Gasteiger partial charge in [0.15, 0.2) is 5.76 Å². The van der Waals surface area contributed by atoms with Gasteiger partial charge in [-0.1, -0.05) is 13.8 Å². The molecule has 0 saturated heterocycles. The van der Waals surface area contributed by atoms with E-state index in [4.69, 9.17) is 10.2 Å². The van der Waals surface area contributed by atoms with Crippen LogP contribution in [0.3, 0.4) is 0 Å². The van der Waals surface area contributed by atoms with Gasteiger partial charge in [-0.3, -0.25) is 4.79 Å². The summed E-state index contributed by atoms with van der Waals surface area (Å²) in [6.45, 7) is 4.25. The van der Waals surface area contributed by atoms with Crippen molar-refractivity contribution < 1.29 is 14.3 Å². The maximum absolute atomic E-state index is 11.5. The van der Waals surface area contributed by atoms with Gasteiger partial charge >= 0.3 is 0 Å². The van der Waals surface area contributed by atoms with Gasteiger partial charge in [0.25, 0.3) is 5.91 Å². The molecule has 0 fully saturated rings. The molecule has 1 rings (SSSR count). The minimum Gasteiger partial charge on any atom is -0.455 e. The Morgan fingerprint density at radius 1 is 1.56 bits per heavy atom. The van der Waals surface area contributed by atoms with E-state index in [1.807, 2.05) is 13.8 Å². The number of nitrogens with two attached hydrogens (primary N) is 1. The van der Waals surface area contributed by atoms with Crippen LogP contribution in [0.15, 0.2) is 16.5 Å². The Morgan fingerprint density at radius 2 is 2.25 bits per heavy atom. The highest BCUT2D eigenvalue weighted by atomic mass is 16.4. The van der Waals surface area contributed by atoms with Crippen LogP contribution in [0, 0.1) is 5.92 Å². The van der Waals surface area contributed by atoms with Crippen molar-refractivity contribution in [2.45, 2.75) is 26.5 Å². The molecule has 0 aliphatic rings. The molecule has 0 aliphatic carbocycles. The van der Waals surface area contributed by atoms with Crippen LogP contribution in [0.2, 0.25) is 0 Å². The van der Waals surface area contributed by atoms with E-state index in [-0.39, 0.29) is 30.7 Å². The Bertz CT molecular complexity index is 347. The van der Waals surface area contributed by atoms with Crippen molar-refractivity contribution in [3.63, 3.8) is 0 Å². The predicted molar refractivity (Wildman–Crippen MR) is 59.8 cm³/mol. The van der Waals surface area contributed by atoms with Crippen LogP contribution in [0.25, 0.3) is 0 Å². The molecule has 1 unspecified atom stereocenters. The summed E-state index contributed by atoms with van der Waals surface area (Å²) < 4.78 is 5.17. The van der Waals surface area contributed by atoms with Crippen LogP contribution in [-0.4, -0.2) is 23.7 Å². The Balaban J connectivity index is 2.46. The average molecular weight is 226 g/mol. The molecule has 90 valence electrons. The van der Waals surface area contributed by atoms with Gasteiger partial charge in [0.05, 0.1) is 12.6 Å². The number of hydrogen-bond donors (Lipinski definition) is 3. The van der Waals surface area contributed by atoms with E-state index < -0.39 is 6.10 Å². The van der Waals surface area contributed by atoms with Crippen molar-refractivity contribution >= 4 is 5.91 Å². The van der Waals surface area contributed by atoms with Crippen LogP contribution in [0.4, 0.5) is 0 Å². The third-order valence-electron chi connectivity index (χ3n) is 2.33. The second-order valence-corrected chi connectivity index (χ2v) is 3.99. The first-order chi connectivity index (χ1) is 7.54. The van der Waals surface area contributed by atoms with Gasteiger partial charge in [0.2, 0.25) is 0 Å². The normalized spacial score (nSPS) is 12.8. The standard InChI is InChI=1S/C11H18N2O3/c1-7(2)9(14)6-13-11(15)10-4-3-8(5-12)16-10/h3-4,7,9,14H,5-6,12H2,1-2H3,(H,13,15). The molecule has 1 atom stereocenters. The van der Waals surface area contributed by atoms with Gasteiger partial charge < -0.3 is 20.6 Å². The summed E-state index contributed by atoms with van der Waals surface area (Å²) in [4.78, 5) is 11.5. The summed E-state index contributed by atoms with van der Waals surface area (Å²) >= 11 is 0. The van der Waals surface area contributed by atoms with Crippen LogP contribution < -0.4 is 11.1 Å². The smallest absolute Gasteiger partial charge is 0.287 e. The van der Waals surface area contributed by atoms with E-state index in [0.29, 0.717) is 5.76 Å². The summed E-state index contributed by atoms with van der Waals surface area (Å²) in [7, 11) is 0. The monoisotopic (exact) mass is 226 g/mol. The van der Waals surface area contributed by atoms with Gasteiger partial charge in [0, 0.05) is 6.54 Å². The first-order valence-corrected chi connectivity index (χ1v) is 5.29. The number of carbonyl (C=O) groups excluding carboxylic acids is 1. The van der Waals surface area contributed by atoms with Crippen molar-refractivity contribution in [2.75, 3.05) is 6.54 Å². The minimum absolute atomic E-state index is 0.108. The van der Waals surface area contributed by atoms with E-state index in [9.17, 15) is 9.90 Å². The largest absolute Gasteiger partial charge is 0.455 e. The fourth-order valence-corrected chi connectivity index (χ4v) is 1.13. The van der Waals surface area contributed by atoms with Gasteiger partial charge in [0.1, 0.15) is 5.76 Å². The molecular formula is C11H18N2O3. The molecule has 5 nitrogen and oxygen atoms in total. The van der Waals surface area contributed by atoms with E-state index in [0.717, 1.165) is 0 Å². The molecule has 1 aromatic rings. The van der Waals surface area contributed by atoms with E-state index in [1.54, 1.807) is 12.1 Å². The third kappa shape index (κ3) is 3.36. The zero-order valence-electron chi connectivity index (χ0n) is 9.56.